The van der Waals surface area contributed by atoms with E-state index in [-0.39, 0.29) is 0 Å². The summed E-state index contributed by atoms with van der Waals surface area (Å²) < 4.78 is 0. The van der Waals surface area contributed by atoms with E-state index in [1.54, 1.807) is 0 Å². The van der Waals surface area contributed by atoms with E-state index in [9.17, 15) is 0 Å². The molecule has 0 bridgehead atoms. The van der Waals surface area contributed by atoms with Crippen LogP contribution in [0, 0.1) is 6.92 Å². The third-order valence-corrected chi connectivity index (χ3v) is 2.48. The van der Waals surface area contributed by atoms with Gasteiger partial charge in [0.15, 0.2) is 0 Å². The lowest BCUT2D eigenvalue weighted by atomic mass is 10.2. The Morgan fingerprint density at radius 2 is 1.59 bits per heavy atom. The number of benzene rings is 1. The molecule has 0 atom stereocenters. The Hall–Kier alpha value is -1.02. The Labute approximate surface area is 107 Å². The highest BCUT2D eigenvalue weighted by molar-refractivity contribution is 5.48. The molecule has 1 aliphatic rings. The van der Waals surface area contributed by atoms with Crippen molar-refractivity contribution < 1.29 is 0 Å². The predicted molar refractivity (Wildman–Crippen MR) is 79.0 cm³/mol. The SMILES string of the molecule is CC.CC.Cc1cccc(N2CCNCC2)c1. The Kier molecular flexibility index (Phi) is 9.55. The number of nitrogens with one attached hydrogen (secondary N) is 1. The van der Waals surface area contributed by atoms with Crippen LogP contribution >= 0.6 is 0 Å². The zero-order valence-corrected chi connectivity index (χ0v) is 12.1. The lowest BCUT2D eigenvalue weighted by molar-refractivity contribution is 0.589. The molecule has 17 heavy (non-hydrogen) atoms. The topological polar surface area (TPSA) is 15.3 Å². The van der Waals surface area contributed by atoms with Crippen molar-refractivity contribution in [2.75, 3.05) is 31.1 Å². The van der Waals surface area contributed by atoms with Crippen LogP contribution in [0.15, 0.2) is 24.3 Å². The summed E-state index contributed by atoms with van der Waals surface area (Å²) in [5, 5.41) is 3.36. The van der Waals surface area contributed by atoms with Gasteiger partial charge in [-0.3, -0.25) is 0 Å². The molecule has 1 saturated heterocycles. The maximum Gasteiger partial charge on any atom is 0.0369 e. The lowest BCUT2D eigenvalue weighted by Crippen LogP contribution is -2.43. The van der Waals surface area contributed by atoms with Gasteiger partial charge < -0.3 is 10.2 Å². The predicted octanol–water partition coefficient (Wildman–Crippen LogP) is 3.46. The first-order chi connectivity index (χ1) is 8.36. The summed E-state index contributed by atoms with van der Waals surface area (Å²) in [5.41, 5.74) is 2.71. The Balaban J connectivity index is 0.000000581. The standard InChI is InChI=1S/C11H16N2.2C2H6/c1-10-3-2-4-11(9-10)13-7-5-12-6-8-13;2*1-2/h2-4,9,12H,5-8H2,1H3;2*1-2H3. The maximum absolute atomic E-state index is 3.36. The van der Waals surface area contributed by atoms with Gasteiger partial charge in [0.05, 0.1) is 0 Å². The quantitative estimate of drug-likeness (QED) is 0.803. The van der Waals surface area contributed by atoms with Gasteiger partial charge in [0, 0.05) is 31.9 Å². The molecular weight excluding hydrogens is 208 g/mol. The van der Waals surface area contributed by atoms with Crippen LogP contribution in [0.3, 0.4) is 0 Å². The highest BCUT2D eigenvalue weighted by Crippen LogP contribution is 2.15. The van der Waals surface area contributed by atoms with Crippen LogP contribution in [-0.4, -0.2) is 26.2 Å². The largest absolute Gasteiger partial charge is 0.369 e. The Morgan fingerprint density at radius 3 is 2.12 bits per heavy atom. The molecule has 1 N–H and O–H groups in total. The minimum atomic E-state index is 1.11. The van der Waals surface area contributed by atoms with Gasteiger partial charge >= 0.3 is 0 Å². The summed E-state index contributed by atoms with van der Waals surface area (Å²) in [4.78, 5) is 2.43. The van der Waals surface area contributed by atoms with Crippen LogP contribution in [0.25, 0.3) is 0 Å². The van der Waals surface area contributed by atoms with Crippen LogP contribution in [-0.2, 0) is 0 Å². The molecule has 1 fully saturated rings. The molecule has 2 heteroatoms. The summed E-state index contributed by atoms with van der Waals surface area (Å²) in [7, 11) is 0. The van der Waals surface area contributed by atoms with Crippen LogP contribution in [0.5, 0.6) is 0 Å². The molecule has 1 heterocycles. The second kappa shape index (κ2) is 10.2. The molecule has 0 radical (unpaired) electrons. The van der Waals surface area contributed by atoms with E-state index in [0.29, 0.717) is 0 Å². The van der Waals surface area contributed by atoms with Crippen molar-refractivity contribution in [3.8, 4) is 0 Å². The molecule has 98 valence electrons. The number of rotatable bonds is 1. The molecule has 0 spiro atoms. The molecule has 0 aliphatic carbocycles. The van der Waals surface area contributed by atoms with Crippen molar-refractivity contribution in [1.29, 1.82) is 0 Å². The summed E-state index contributed by atoms with van der Waals surface area (Å²) >= 11 is 0. The number of hydrogen-bond donors (Lipinski definition) is 1. The fraction of sp³-hybridized carbons (Fsp3) is 0.600. The first-order valence-electron chi connectivity index (χ1n) is 6.88. The van der Waals surface area contributed by atoms with Gasteiger partial charge in [0.25, 0.3) is 0 Å². The van der Waals surface area contributed by atoms with Gasteiger partial charge in [-0.15, -0.1) is 0 Å². The Morgan fingerprint density at radius 1 is 1.00 bits per heavy atom. The molecule has 0 aromatic heterocycles. The van der Waals surface area contributed by atoms with Crippen molar-refractivity contribution in [1.82, 2.24) is 5.32 Å². The number of hydrogen-bond acceptors (Lipinski definition) is 2. The molecule has 0 amide bonds. The molecule has 1 aliphatic heterocycles. The van der Waals surface area contributed by atoms with Gasteiger partial charge in [0.2, 0.25) is 0 Å². The summed E-state index contributed by atoms with van der Waals surface area (Å²) in [6.07, 6.45) is 0. The zero-order chi connectivity index (χ0) is 13.1. The molecule has 1 aromatic carbocycles. The average Bonchev–Trinajstić information content (AvgIpc) is 2.44. The van der Waals surface area contributed by atoms with Gasteiger partial charge in [-0.2, -0.15) is 0 Å². The summed E-state index contributed by atoms with van der Waals surface area (Å²) in [6, 6.07) is 8.72. The van der Waals surface area contributed by atoms with E-state index >= 15 is 0 Å². The lowest BCUT2D eigenvalue weighted by Gasteiger charge is -2.29. The average molecular weight is 236 g/mol. The first kappa shape index (κ1) is 16.0. The van der Waals surface area contributed by atoms with E-state index in [0.717, 1.165) is 26.2 Å². The fourth-order valence-electron chi connectivity index (χ4n) is 1.75. The second-order valence-corrected chi connectivity index (χ2v) is 3.58. The van der Waals surface area contributed by atoms with E-state index in [4.69, 9.17) is 0 Å². The normalized spacial score (nSPS) is 14.1. The molecule has 0 saturated carbocycles. The van der Waals surface area contributed by atoms with Gasteiger partial charge in [-0.25, -0.2) is 0 Å². The van der Waals surface area contributed by atoms with Crippen LogP contribution in [0.4, 0.5) is 5.69 Å². The zero-order valence-electron chi connectivity index (χ0n) is 12.1. The van der Waals surface area contributed by atoms with E-state index in [2.05, 4.69) is 41.4 Å². The van der Waals surface area contributed by atoms with E-state index in [1.165, 1.54) is 11.3 Å². The smallest absolute Gasteiger partial charge is 0.0369 e. The van der Waals surface area contributed by atoms with Gasteiger partial charge in [0.1, 0.15) is 0 Å². The van der Waals surface area contributed by atoms with E-state index in [1.807, 2.05) is 27.7 Å². The third-order valence-electron chi connectivity index (χ3n) is 2.48. The molecule has 1 aromatic rings. The van der Waals surface area contributed by atoms with Crippen molar-refractivity contribution in [2.45, 2.75) is 34.6 Å². The van der Waals surface area contributed by atoms with Crippen LogP contribution < -0.4 is 10.2 Å². The minimum Gasteiger partial charge on any atom is -0.369 e. The van der Waals surface area contributed by atoms with Crippen molar-refractivity contribution >= 4 is 5.69 Å². The van der Waals surface area contributed by atoms with Crippen molar-refractivity contribution in [3.63, 3.8) is 0 Å². The van der Waals surface area contributed by atoms with Crippen molar-refractivity contribution in [3.05, 3.63) is 29.8 Å². The molecular formula is C15H28N2. The number of anilines is 1. The van der Waals surface area contributed by atoms with Crippen LogP contribution in [0.1, 0.15) is 33.3 Å². The highest BCUT2D eigenvalue weighted by atomic mass is 15.2. The van der Waals surface area contributed by atoms with E-state index < -0.39 is 0 Å². The highest BCUT2D eigenvalue weighted by Gasteiger charge is 2.09. The number of piperazine rings is 1. The second-order valence-electron chi connectivity index (χ2n) is 3.58. The Bertz CT molecular complexity index is 278. The maximum atomic E-state index is 3.36. The van der Waals surface area contributed by atoms with Crippen LogP contribution in [0.2, 0.25) is 0 Å². The molecule has 2 nitrogen and oxygen atoms in total. The third kappa shape index (κ3) is 5.73. The monoisotopic (exact) mass is 236 g/mol. The van der Waals surface area contributed by atoms with Crippen molar-refractivity contribution in [2.24, 2.45) is 0 Å². The molecule has 0 unspecified atom stereocenters. The fourth-order valence-corrected chi connectivity index (χ4v) is 1.75. The summed E-state index contributed by atoms with van der Waals surface area (Å²) in [6.45, 7) is 14.6. The minimum absolute atomic E-state index is 1.11. The van der Waals surface area contributed by atoms with Gasteiger partial charge in [-0.05, 0) is 24.6 Å². The molecule has 2 rings (SSSR count). The number of nitrogens with zero attached hydrogens (tertiary/aromatic N) is 1. The summed E-state index contributed by atoms with van der Waals surface area (Å²) in [5.74, 6) is 0. The first-order valence-corrected chi connectivity index (χ1v) is 6.88. The number of aryl methyl sites for hydroxylation is 1. The van der Waals surface area contributed by atoms with Gasteiger partial charge in [-0.1, -0.05) is 39.8 Å².